The molecular weight excluding hydrogens is 206 g/mol. The minimum atomic E-state index is -0.165. The second-order valence-electron chi connectivity index (χ2n) is 4.06. The Labute approximate surface area is 93.7 Å². The molecule has 1 heterocycles. The molecule has 86 valence electrons. The number of nitrogens with one attached hydrogen (secondary N) is 1. The van der Waals surface area contributed by atoms with Crippen molar-refractivity contribution in [3.8, 4) is 5.75 Å². The van der Waals surface area contributed by atoms with Crippen LogP contribution in [0.2, 0.25) is 0 Å². The van der Waals surface area contributed by atoms with Crippen LogP contribution in [0.4, 0.5) is 5.82 Å². The second kappa shape index (κ2) is 4.49. The zero-order chi connectivity index (χ0) is 11.5. The molecule has 2 rings (SSSR count). The molecule has 2 unspecified atom stereocenters. The number of aromatic hydroxyl groups is 1. The average molecular weight is 221 g/mol. The molecule has 1 amide bonds. The van der Waals surface area contributed by atoms with Crippen LogP contribution < -0.4 is 11.1 Å². The van der Waals surface area contributed by atoms with Crippen LogP contribution in [-0.4, -0.2) is 22.0 Å². The van der Waals surface area contributed by atoms with Gasteiger partial charge in [-0.05, 0) is 25.0 Å². The lowest BCUT2D eigenvalue weighted by molar-refractivity contribution is -0.120. The van der Waals surface area contributed by atoms with Crippen molar-refractivity contribution in [3.05, 3.63) is 18.3 Å². The van der Waals surface area contributed by atoms with E-state index in [2.05, 4.69) is 10.3 Å². The highest BCUT2D eigenvalue weighted by Gasteiger charge is 2.30. The van der Waals surface area contributed by atoms with Crippen LogP contribution in [0.1, 0.15) is 19.3 Å². The third-order valence-corrected chi connectivity index (χ3v) is 2.93. The van der Waals surface area contributed by atoms with Crippen molar-refractivity contribution in [1.82, 2.24) is 4.98 Å². The van der Waals surface area contributed by atoms with Gasteiger partial charge in [-0.1, -0.05) is 6.42 Å². The van der Waals surface area contributed by atoms with Gasteiger partial charge < -0.3 is 16.2 Å². The van der Waals surface area contributed by atoms with Gasteiger partial charge in [-0.25, -0.2) is 4.98 Å². The first kappa shape index (κ1) is 10.9. The molecule has 1 aliphatic carbocycles. The summed E-state index contributed by atoms with van der Waals surface area (Å²) in [5.41, 5.74) is 5.83. The van der Waals surface area contributed by atoms with Crippen LogP contribution in [0.3, 0.4) is 0 Å². The fraction of sp³-hybridized carbons (Fsp3) is 0.455. The van der Waals surface area contributed by atoms with E-state index in [1.165, 1.54) is 12.3 Å². The molecule has 1 fully saturated rings. The Morgan fingerprint density at radius 1 is 1.56 bits per heavy atom. The topological polar surface area (TPSA) is 88.2 Å². The third kappa shape index (κ3) is 2.14. The predicted molar refractivity (Wildman–Crippen MR) is 59.8 cm³/mol. The number of anilines is 1. The summed E-state index contributed by atoms with van der Waals surface area (Å²) >= 11 is 0. The third-order valence-electron chi connectivity index (χ3n) is 2.93. The van der Waals surface area contributed by atoms with Crippen LogP contribution in [-0.2, 0) is 4.79 Å². The molecule has 1 aromatic rings. The molecule has 16 heavy (non-hydrogen) atoms. The van der Waals surface area contributed by atoms with Crippen molar-refractivity contribution < 1.29 is 9.90 Å². The van der Waals surface area contributed by atoms with Crippen molar-refractivity contribution in [3.63, 3.8) is 0 Å². The predicted octanol–water partition coefficient (Wildman–Crippen LogP) is 0.853. The summed E-state index contributed by atoms with van der Waals surface area (Å²) in [4.78, 5) is 15.7. The summed E-state index contributed by atoms with van der Waals surface area (Å²) in [6.07, 6.45) is 4.18. The Morgan fingerprint density at radius 2 is 2.38 bits per heavy atom. The molecule has 5 heteroatoms. The minimum Gasteiger partial charge on any atom is -0.504 e. The summed E-state index contributed by atoms with van der Waals surface area (Å²) < 4.78 is 0. The van der Waals surface area contributed by atoms with E-state index in [4.69, 9.17) is 5.73 Å². The van der Waals surface area contributed by atoms with Crippen LogP contribution in [0.25, 0.3) is 0 Å². The molecule has 2 atom stereocenters. The number of carbonyl (C=O) groups is 1. The Bertz CT molecular complexity index is 395. The van der Waals surface area contributed by atoms with Gasteiger partial charge in [0, 0.05) is 12.2 Å². The number of carbonyl (C=O) groups excluding carboxylic acids is 1. The van der Waals surface area contributed by atoms with E-state index in [0.717, 1.165) is 19.3 Å². The number of rotatable bonds is 2. The van der Waals surface area contributed by atoms with E-state index in [0.29, 0.717) is 0 Å². The smallest absolute Gasteiger partial charge is 0.230 e. The van der Waals surface area contributed by atoms with E-state index in [1.54, 1.807) is 6.07 Å². The van der Waals surface area contributed by atoms with E-state index in [9.17, 15) is 9.90 Å². The molecule has 1 aromatic heterocycles. The van der Waals surface area contributed by atoms with Gasteiger partial charge in [0.05, 0.1) is 5.92 Å². The van der Waals surface area contributed by atoms with Gasteiger partial charge in [-0.3, -0.25) is 4.79 Å². The number of aromatic nitrogens is 1. The highest BCUT2D eigenvalue weighted by atomic mass is 16.3. The average Bonchev–Trinajstić information content (AvgIpc) is 2.68. The largest absolute Gasteiger partial charge is 0.504 e. The molecule has 1 saturated carbocycles. The van der Waals surface area contributed by atoms with Gasteiger partial charge in [0.1, 0.15) is 0 Å². The lowest BCUT2D eigenvalue weighted by atomic mass is 10.0. The number of pyridine rings is 1. The van der Waals surface area contributed by atoms with Gasteiger partial charge in [-0.2, -0.15) is 0 Å². The van der Waals surface area contributed by atoms with E-state index in [-0.39, 0.29) is 29.4 Å². The molecule has 5 nitrogen and oxygen atoms in total. The fourth-order valence-corrected chi connectivity index (χ4v) is 2.02. The molecule has 1 aliphatic rings. The Balaban J connectivity index is 2.05. The number of hydrogen-bond acceptors (Lipinski definition) is 4. The highest BCUT2D eigenvalue weighted by molar-refractivity contribution is 5.93. The summed E-state index contributed by atoms with van der Waals surface area (Å²) in [7, 11) is 0. The van der Waals surface area contributed by atoms with Gasteiger partial charge in [-0.15, -0.1) is 0 Å². The molecule has 0 bridgehead atoms. The zero-order valence-electron chi connectivity index (χ0n) is 8.89. The Hall–Kier alpha value is -1.62. The summed E-state index contributed by atoms with van der Waals surface area (Å²) in [6, 6.07) is 3.01. The van der Waals surface area contributed by atoms with Crippen LogP contribution >= 0.6 is 0 Å². The SMILES string of the molecule is NC1CCCC1C(=O)Nc1ncccc1O. The fourth-order valence-electron chi connectivity index (χ4n) is 2.02. The maximum Gasteiger partial charge on any atom is 0.230 e. The molecule has 0 aliphatic heterocycles. The van der Waals surface area contributed by atoms with E-state index < -0.39 is 0 Å². The van der Waals surface area contributed by atoms with Crippen LogP contribution in [0.15, 0.2) is 18.3 Å². The molecule has 0 aromatic carbocycles. The lowest BCUT2D eigenvalue weighted by Crippen LogP contribution is -2.34. The van der Waals surface area contributed by atoms with Gasteiger partial charge in [0.25, 0.3) is 0 Å². The zero-order valence-corrected chi connectivity index (χ0v) is 8.89. The highest BCUT2D eigenvalue weighted by Crippen LogP contribution is 2.26. The minimum absolute atomic E-state index is 0.0255. The lowest BCUT2D eigenvalue weighted by Gasteiger charge is -2.14. The summed E-state index contributed by atoms with van der Waals surface area (Å²) in [5, 5.41) is 12.1. The van der Waals surface area contributed by atoms with Crippen molar-refractivity contribution in [2.45, 2.75) is 25.3 Å². The van der Waals surface area contributed by atoms with Gasteiger partial charge in [0.15, 0.2) is 11.6 Å². The maximum absolute atomic E-state index is 11.8. The number of nitrogens with two attached hydrogens (primary N) is 1. The van der Waals surface area contributed by atoms with Crippen molar-refractivity contribution in [2.75, 3.05) is 5.32 Å². The molecule has 0 spiro atoms. The monoisotopic (exact) mass is 221 g/mol. The van der Waals surface area contributed by atoms with Crippen LogP contribution in [0.5, 0.6) is 5.75 Å². The van der Waals surface area contributed by atoms with E-state index >= 15 is 0 Å². The number of amides is 1. The summed E-state index contributed by atoms with van der Waals surface area (Å²) in [6.45, 7) is 0. The quantitative estimate of drug-likeness (QED) is 0.691. The Kier molecular flexibility index (Phi) is 3.05. The first-order valence-electron chi connectivity index (χ1n) is 5.39. The maximum atomic E-state index is 11.8. The molecule has 0 saturated heterocycles. The van der Waals surface area contributed by atoms with Crippen molar-refractivity contribution >= 4 is 11.7 Å². The van der Waals surface area contributed by atoms with Gasteiger partial charge >= 0.3 is 0 Å². The standard InChI is InChI=1S/C11H15N3O2/c12-8-4-1-3-7(8)11(16)14-10-9(15)5-2-6-13-10/h2,5-8,15H,1,3-4,12H2,(H,13,14,16). The van der Waals surface area contributed by atoms with Crippen LogP contribution in [0, 0.1) is 5.92 Å². The van der Waals surface area contributed by atoms with Gasteiger partial charge in [0.2, 0.25) is 5.91 Å². The Morgan fingerprint density at radius 3 is 3.00 bits per heavy atom. The molecular formula is C11H15N3O2. The normalized spacial score (nSPS) is 24.3. The van der Waals surface area contributed by atoms with Crippen molar-refractivity contribution in [2.24, 2.45) is 11.7 Å². The molecule has 4 N–H and O–H groups in total. The number of nitrogens with zero attached hydrogens (tertiary/aromatic N) is 1. The first-order chi connectivity index (χ1) is 7.68. The second-order valence-corrected chi connectivity index (χ2v) is 4.06. The van der Waals surface area contributed by atoms with Crippen molar-refractivity contribution in [1.29, 1.82) is 0 Å². The summed E-state index contributed by atoms with van der Waals surface area (Å²) in [5.74, 6) is -0.144. The number of hydrogen-bond donors (Lipinski definition) is 3. The first-order valence-corrected chi connectivity index (χ1v) is 5.39. The molecule has 0 radical (unpaired) electrons. The van der Waals surface area contributed by atoms with E-state index in [1.807, 2.05) is 0 Å².